The van der Waals surface area contributed by atoms with Gasteiger partial charge in [0.1, 0.15) is 0 Å². The molecule has 0 amide bonds. The molecule has 3 unspecified atom stereocenters. The molecule has 1 saturated heterocycles. The van der Waals surface area contributed by atoms with Gasteiger partial charge in [0, 0.05) is 21.8 Å². The fourth-order valence-electron chi connectivity index (χ4n) is 1.91. The monoisotopic (exact) mass is 266 g/mol. The highest BCUT2D eigenvalue weighted by Gasteiger charge is 2.30. The minimum absolute atomic E-state index is 0.132. The summed E-state index contributed by atoms with van der Waals surface area (Å²) in [5, 5.41) is 1.35. The summed E-state index contributed by atoms with van der Waals surface area (Å²) in [6.07, 6.45) is 0. The van der Waals surface area contributed by atoms with Gasteiger partial charge < -0.3 is 0 Å². The van der Waals surface area contributed by atoms with Gasteiger partial charge in [0.15, 0.2) is 5.78 Å². The van der Waals surface area contributed by atoms with Gasteiger partial charge in [0.2, 0.25) is 0 Å². The molecule has 1 aromatic rings. The van der Waals surface area contributed by atoms with Crippen LogP contribution < -0.4 is 0 Å². The van der Waals surface area contributed by atoms with Crippen LogP contribution in [0.15, 0.2) is 24.3 Å². The third kappa shape index (κ3) is 3.08. The predicted octanol–water partition coefficient (Wildman–Crippen LogP) is 3.80. The smallest absolute Gasteiger partial charge is 0.176 e. The second-order valence-electron chi connectivity index (χ2n) is 4.60. The summed E-state index contributed by atoms with van der Waals surface area (Å²) >= 11 is 3.75. The molecule has 0 radical (unpaired) electrons. The van der Waals surface area contributed by atoms with E-state index in [9.17, 15) is 4.79 Å². The van der Waals surface area contributed by atoms with Gasteiger partial charge in [-0.1, -0.05) is 37.6 Å². The van der Waals surface area contributed by atoms with E-state index in [1.807, 2.05) is 54.7 Å². The summed E-state index contributed by atoms with van der Waals surface area (Å²) in [4.78, 5) is 12.4. The van der Waals surface area contributed by atoms with Crippen LogP contribution in [-0.2, 0) is 0 Å². The number of ketones is 1. The average Bonchev–Trinajstić information content (AvgIpc) is 2.32. The van der Waals surface area contributed by atoms with Crippen molar-refractivity contribution in [3.8, 4) is 0 Å². The van der Waals surface area contributed by atoms with Crippen LogP contribution in [0, 0.1) is 6.92 Å². The molecular formula is C14H18OS2. The number of hydrogen-bond acceptors (Lipinski definition) is 3. The Labute approximate surface area is 112 Å². The number of carbonyl (C=O) groups is 1. The van der Waals surface area contributed by atoms with Crippen LogP contribution in [0.3, 0.4) is 0 Å². The molecule has 1 aromatic carbocycles. The normalized spacial score (nSPS) is 29.0. The first-order valence-corrected chi connectivity index (χ1v) is 7.95. The quantitative estimate of drug-likeness (QED) is 0.758. The first kappa shape index (κ1) is 13.0. The molecule has 3 atom stereocenters. The largest absolute Gasteiger partial charge is 0.293 e. The van der Waals surface area contributed by atoms with Crippen LogP contribution in [0.5, 0.6) is 0 Å². The van der Waals surface area contributed by atoms with E-state index in [4.69, 9.17) is 0 Å². The van der Waals surface area contributed by atoms with Crippen LogP contribution in [0.25, 0.3) is 0 Å². The maximum atomic E-state index is 12.4. The Balaban J connectivity index is 2.10. The lowest BCUT2D eigenvalue weighted by atomic mass is 10.1. The zero-order valence-electron chi connectivity index (χ0n) is 10.5. The van der Waals surface area contributed by atoms with Crippen LogP contribution in [0.2, 0.25) is 0 Å². The van der Waals surface area contributed by atoms with E-state index < -0.39 is 0 Å². The summed E-state index contributed by atoms with van der Waals surface area (Å²) in [6, 6.07) is 7.93. The first-order chi connectivity index (χ1) is 8.08. The fourth-order valence-corrected chi connectivity index (χ4v) is 4.78. The molecule has 0 spiro atoms. The van der Waals surface area contributed by atoms with Crippen LogP contribution >= 0.6 is 23.5 Å². The van der Waals surface area contributed by atoms with Crippen molar-refractivity contribution >= 4 is 29.3 Å². The Morgan fingerprint density at radius 3 is 2.71 bits per heavy atom. The highest BCUT2D eigenvalue weighted by atomic mass is 32.2. The van der Waals surface area contributed by atoms with Gasteiger partial charge in [-0.15, -0.1) is 11.8 Å². The van der Waals surface area contributed by atoms with Crippen molar-refractivity contribution in [3.63, 3.8) is 0 Å². The molecule has 0 saturated carbocycles. The molecule has 1 nitrogen and oxygen atoms in total. The number of carbonyl (C=O) groups excluding carboxylic acids is 1. The molecular weight excluding hydrogens is 248 g/mol. The lowest BCUT2D eigenvalue weighted by Gasteiger charge is -2.30. The molecule has 1 heterocycles. The van der Waals surface area contributed by atoms with Gasteiger partial charge in [-0.05, 0) is 13.0 Å². The van der Waals surface area contributed by atoms with E-state index in [2.05, 4.69) is 13.8 Å². The van der Waals surface area contributed by atoms with Crippen molar-refractivity contribution in [3.05, 3.63) is 35.4 Å². The molecule has 92 valence electrons. The Kier molecular flexibility index (Phi) is 4.21. The van der Waals surface area contributed by atoms with Crippen molar-refractivity contribution in [2.24, 2.45) is 0 Å². The van der Waals surface area contributed by atoms with Gasteiger partial charge in [-0.25, -0.2) is 0 Å². The summed E-state index contributed by atoms with van der Waals surface area (Å²) in [6.45, 7) is 6.50. The van der Waals surface area contributed by atoms with E-state index in [0.717, 1.165) is 16.9 Å². The molecule has 3 heteroatoms. The summed E-state index contributed by atoms with van der Waals surface area (Å²) in [7, 11) is 0. The fraction of sp³-hybridized carbons (Fsp3) is 0.500. The lowest BCUT2D eigenvalue weighted by Crippen LogP contribution is -2.31. The number of aryl methyl sites for hydroxylation is 1. The molecule has 0 aliphatic carbocycles. The van der Waals surface area contributed by atoms with Crippen molar-refractivity contribution in [1.82, 2.24) is 0 Å². The summed E-state index contributed by atoms with van der Waals surface area (Å²) in [5.41, 5.74) is 2.02. The Morgan fingerprint density at radius 2 is 2.06 bits per heavy atom. The molecule has 0 N–H and O–H groups in total. The Bertz CT molecular complexity index is 416. The summed E-state index contributed by atoms with van der Waals surface area (Å²) < 4.78 is 0. The standard InChI is InChI=1S/C14H18OS2/c1-9-5-4-6-12(7-9)14(15)13-8-16-10(2)11(3)17-13/h4-7,10-11,13H,8H2,1-3H3. The SMILES string of the molecule is Cc1cccc(C(=O)C2CSC(C)C(C)S2)c1. The molecule has 2 rings (SSSR count). The summed E-state index contributed by atoms with van der Waals surface area (Å²) in [5.74, 6) is 1.24. The third-order valence-corrected chi connectivity index (χ3v) is 6.54. The number of Topliss-reactive ketones (excluding diaryl/α,β-unsaturated/α-hetero) is 1. The molecule has 0 bridgehead atoms. The van der Waals surface area contributed by atoms with E-state index in [1.165, 1.54) is 0 Å². The number of hydrogen-bond donors (Lipinski definition) is 0. The molecule has 1 fully saturated rings. The number of rotatable bonds is 2. The van der Waals surface area contributed by atoms with Crippen molar-refractivity contribution in [1.29, 1.82) is 0 Å². The maximum Gasteiger partial charge on any atom is 0.176 e. The van der Waals surface area contributed by atoms with Gasteiger partial charge in [0.25, 0.3) is 0 Å². The van der Waals surface area contributed by atoms with Crippen molar-refractivity contribution in [2.45, 2.75) is 36.5 Å². The number of thioether (sulfide) groups is 2. The average molecular weight is 266 g/mol. The van der Waals surface area contributed by atoms with Crippen LogP contribution in [0.4, 0.5) is 0 Å². The minimum Gasteiger partial charge on any atom is -0.293 e. The van der Waals surface area contributed by atoms with Crippen molar-refractivity contribution in [2.75, 3.05) is 5.75 Å². The molecule has 1 aliphatic heterocycles. The zero-order valence-corrected chi connectivity index (χ0v) is 12.1. The van der Waals surface area contributed by atoms with E-state index in [1.54, 1.807) is 0 Å². The topological polar surface area (TPSA) is 17.1 Å². The Morgan fingerprint density at radius 1 is 1.29 bits per heavy atom. The van der Waals surface area contributed by atoms with E-state index in [0.29, 0.717) is 16.3 Å². The Hall–Kier alpha value is -0.410. The molecule has 17 heavy (non-hydrogen) atoms. The zero-order chi connectivity index (χ0) is 12.4. The van der Waals surface area contributed by atoms with E-state index in [-0.39, 0.29) is 5.25 Å². The van der Waals surface area contributed by atoms with Gasteiger partial charge in [0.05, 0.1) is 5.25 Å². The highest BCUT2D eigenvalue weighted by Crippen LogP contribution is 2.36. The van der Waals surface area contributed by atoms with Gasteiger partial charge >= 0.3 is 0 Å². The van der Waals surface area contributed by atoms with Gasteiger partial charge in [-0.3, -0.25) is 4.79 Å². The third-order valence-electron chi connectivity index (χ3n) is 3.15. The second-order valence-corrected chi connectivity index (χ2v) is 7.60. The number of benzene rings is 1. The second kappa shape index (κ2) is 5.49. The van der Waals surface area contributed by atoms with Crippen LogP contribution in [0.1, 0.15) is 29.8 Å². The van der Waals surface area contributed by atoms with E-state index >= 15 is 0 Å². The predicted molar refractivity (Wildman–Crippen MR) is 78.3 cm³/mol. The first-order valence-electron chi connectivity index (χ1n) is 5.96. The van der Waals surface area contributed by atoms with Gasteiger partial charge in [-0.2, -0.15) is 11.8 Å². The van der Waals surface area contributed by atoms with Crippen LogP contribution in [-0.4, -0.2) is 27.3 Å². The minimum atomic E-state index is 0.132. The van der Waals surface area contributed by atoms with Crippen molar-refractivity contribution < 1.29 is 4.79 Å². The maximum absolute atomic E-state index is 12.4. The molecule has 0 aromatic heterocycles. The molecule has 1 aliphatic rings. The lowest BCUT2D eigenvalue weighted by molar-refractivity contribution is 0.0994. The highest BCUT2D eigenvalue weighted by molar-refractivity contribution is 8.08.